The van der Waals surface area contributed by atoms with Gasteiger partial charge in [0.25, 0.3) is 0 Å². The van der Waals surface area contributed by atoms with Crippen molar-refractivity contribution in [1.29, 1.82) is 0 Å². The summed E-state index contributed by atoms with van der Waals surface area (Å²) in [6, 6.07) is 0. The predicted molar refractivity (Wildman–Crippen MR) is 79.2 cm³/mol. The molecule has 1 heterocycles. The lowest BCUT2D eigenvalue weighted by Crippen LogP contribution is -2.13. The summed E-state index contributed by atoms with van der Waals surface area (Å²) in [7, 11) is 0. The molecule has 0 saturated carbocycles. The highest BCUT2D eigenvalue weighted by Gasteiger charge is 2.15. The van der Waals surface area contributed by atoms with E-state index in [1.165, 1.54) is 0 Å². The van der Waals surface area contributed by atoms with E-state index in [2.05, 4.69) is 22.2 Å². The van der Waals surface area contributed by atoms with E-state index in [4.69, 9.17) is 0 Å². The van der Waals surface area contributed by atoms with Crippen LogP contribution in [0, 0.1) is 0 Å². The maximum atomic E-state index is 11.2. The van der Waals surface area contributed by atoms with Crippen molar-refractivity contribution in [3.8, 4) is 0 Å². The fraction of sp³-hybridized carbons (Fsp3) is 0.615. The second-order valence-corrected chi connectivity index (χ2v) is 5.82. The zero-order valence-electron chi connectivity index (χ0n) is 11.6. The Bertz CT molecular complexity index is 424. The van der Waals surface area contributed by atoms with Gasteiger partial charge in [-0.15, -0.1) is 0 Å². The Balaban J connectivity index is 2.69. The molecule has 1 aromatic heterocycles. The van der Waals surface area contributed by atoms with E-state index in [-0.39, 0.29) is 11.6 Å². The average Bonchev–Trinajstić information content (AvgIpc) is 2.38. The first-order valence-electron chi connectivity index (χ1n) is 6.48. The monoisotopic (exact) mass is 283 g/mol. The molecule has 0 bridgehead atoms. The van der Waals surface area contributed by atoms with E-state index in [1.54, 1.807) is 6.20 Å². The molecular weight excluding hydrogens is 262 g/mol. The van der Waals surface area contributed by atoms with E-state index in [9.17, 15) is 9.90 Å². The van der Waals surface area contributed by atoms with Crippen LogP contribution in [-0.2, 0) is 0 Å². The van der Waals surface area contributed by atoms with Crippen molar-refractivity contribution in [2.75, 3.05) is 23.4 Å². The third-order valence-corrected chi connectivity index (χ3v) is 3.50. The molecule has 5 nitrogen and oxygen atoms in total. The summed E-state index contributed by atoms with van der Waals surface area (Å²) in [6.45, 7) is 6.74. The topological polar surface area (TPSA) is 75.1 Å². The molecule has 106 valence electrons. The molecule has 6 heteroatoms. The predicted octanol–water partition coefficient (Wildman–Crippen LogP) is 2.85. The molecular formula is C13H21N3O2S. The molecule has 19 heavy (non-hydrogen) atoms. The summed E-state index contributed by atoms with van der Waals surface area (Å²) in [5.74, 6) is 1.83. The Hall–Kier alpha value is -1.30. The average molecular weight is 283 g/mol. The molecule has 0 spiro atoms. The fourth-order valence-electron chi connectivity index (χ4n) is 1.51. The normalized spacial score (nSPS) is 10.7. The number of aromatic nitrogens is 2. The Labute approximate surface area is 118 Å². The van der Waals surface area contributed by atoms with Crippen LogP contribution in [0.3, 0.4) is 0 Å². The summed E-state index contributed by atoms with van der Waals surface area (Å²) in [4.78, 5) is 19.5. The Kier molecular flexibility index (Phi) is 6.62. The largest absolute Gasteiger partial charge is 0.476 e. The van der Waals surface area contributed by atoms with Gasteiger partial charge in [-0.1, -0.05) is 20.8 Å². The van der Waals surface area contributed by atoms with Gasteiger partial charge >= 0.3 is 5.97 Å². The summed E-state index contributed by atoms with van der Waals surface area (Å²) in [5, 5.41) is 12.3. The van der Waals surface area contributed by atoms with Gasteiger partial charge in [-0.05, 0) is 17.9 Å². The standard InChI is InChI=1S/C13H21N3O2S/c1-4-19-7-5-6-14-10-8-15-12(9(2)3)16-11(10)13(17)18/h8-9,14H,4-7H2,1-3H3,(H,17,18). The highest BCUT2D eigenvalue weighted by Crippen LogP contribution is 2.16. The van der Waals surface area contributed by atoms with E-state index in [1.807, 2.05) is 25.6 Å². The first kappa shape index (κ1) is 15.8. The number of carboxylic acid groups (broad SMARTS) is 1. The minimum Gasteiger partial charge on any atom is -0.476 e. The number of aromatic carboxylic acids is 1. The molecule has 2 N–H and O–H groups in total. The Morgan fingerprint density at radius 1 is 1.53 bits per heavy atom. The van der Waals surface area contributed by atoms with Gasteiger partial charge < -0.3 is 10.4 Å². The molecule has 0 fully saturated rings. The maximum Gasteiger partial charge on any atom is 0.356 e. The highest BCUT2D eigenvalue weighted by atomic mass is 32.2. The number of thioether (sulfide) groups is 1. The van der Waals surface area contributed by atoms with Gasteiger partial charge in [0.05, 0.1) is 11.9 Å². The van der Waals surface area contributed by atoms with Gasteiger partial charge in [0.2, 0.25) is 0 Å². The number of anilines is 1. The SMILES string of the molecule is CCSCCCNc1cnc(C(C)C)nc1C(=O)O. The summed E-state index contributed by atoms with van der Waals surface area (Å²) < 4.78 is 0. The summed E-state index contributed by atoms with van der Waals surface area (Å²) >= 11 is 1.87. The second-order valence-electron chi connectivity index (χ2n) is 4.43. The van der Waals surface area contributed by atoms with Gasteiger partial charge in [0.1, 0.15) is 5.82 Å². The minimum absolute atomic E-state index is 0.0573. The van der Waals surface area contributed by atoms with E-state index in [0.29, 0.717) is 11.5 Å². The van der Waals surface area contributed by atoms with Gasteiger partial charge in [0.15, 0.2) is 5.69 Å². The Morgan fingerprint density at radius 2 is 2.26 bits per heavy atom. The lowest BCUT2D eigenvalue weighted by Gasteiger charge is -2.11. The zero-order valence-corrected chi connectivity index (χ0v) is 12.5. The van der Waals surface area contributed by atoms with Crippen molar-refractivity contribution in [2.24, 2.45) is 0 Å². The molecule has 0 aliphatic carbocycles. The van der Waals surface area contributed by atoms with Crippen LogP contribution in [0.4, 0.5) is 5.69 Å². The van der Waals surface area contributed by atoms with Crippen molar-refractivity contribution in [2.45, 2.75) is 33.1 Å². The van der Waals surface area contributed by atoms with Crippen molar-refractivity contribution in [3.63, 3.8) is 0 Å². The summed E-state index contributed by atoms with van der Waals surface area (Å²) in [5.41, 5.74) is 0.556. The molecule has 0 aliphatic rings. The van der Waals surface area contributed by atoms with Crippen LogP contribution in [0.1, 0.15) is 49.4 Å². The molecule has 0 unspecified atom stereocenters. The fourth-order valence-corrected chi connectivity index (χ4v) is 2.14. The molecule has 0 atom stereocenters. The second kappa shape index (κ2) is 7.99. The maximum absolute atomic E-state index is 11.2. The number of hydrogen-bond acceptors (Lipinski definition) is 5. The van der Waals surface area contributed by atoms with Crippen LogP contribution >= 0.6 is 11.8 Å². The lowest BCUT2D eigenvalue weighted by molar-refractivity contribution is 0.0691. The minimum atomic E-state index is -1.02. The first-order chi connectivity index (χ1) is 9.06. The molecule has 0 amide bonds. The number of nitrogens with zero attached hydrogens (tertiary/aromatic N) is 2. The number of nitrogens with one attached hydrogen (secondary N) is 1. The third-order valence-electron chi connectivity index (χ3n) is 2.51. The van der Waals surface area contributed by atoms with Crippen LogP contribution in [0.5, 0.6) is 0 Å². The van der Waals surface area contributed by atoms with E-state index in [0.717, 1.165) is 24.5 Å². The summed E-state index contributed by atoms with van der Waals surface area (Å²) in [6.07, 6.45) is 2.56. The van der Waals surface area contributed by atoms with Crippen molar-refractivity contribution >= 4 is 23.4 Å². The van der Waals surface area contributed by atoms with Gasteiger partial charge in [-0.3, -0.25) is 0 Å². The number of carboxylic acids is 1. The van der Waals surface area contributed by atoms with Crippen molar-refractivity contribution < 1.29 is 9.90 Å². The van der Waals surface area contributed by atoms with Gasteiger partial charge in [-0.25, -0.2) is 14.8 Å². The number of carbonyl (C=O) groups is 1. The smallest absolute Gasteiger partial charge is 0.356 e. The van der Waals surface area contributed by atoms with Crippen LogP contribution < -0.4 is 5.32 Å². The molecule has 0 saturated heterocycles. The molecule has 0 aromatic carbocycles. The highest BCUT2D eigenvalue weighted by molar-refractivity contribution is 7.99. The molecule has 0 aliphatic heterocycles. The van der Waals surface area contributed by atoms with Crippen LogP contribution in [-0.4, -0.2) is 39.1 Å². The van der Waals surface area contributed by atoms with Crippen molar-refractivity contribution in [3.05, 3.63) is 17.7 Å². The van der Waals surface area contributed by atoms with Gasteiger partial charge in [0, 0.05) is 12.5 Å². The number of rotatable bonds is 8. The van der Waals surface area contributed by atoms with Crippen LogP contribution in [0.25, 0.3) is 0 Å². The van der Waals surface area contributed by atoms with E-state index < -0.39 is 5.97 Å². The molecule has 1 aromatic rings. The quantitative estimate of drug-likeness (QED) is 0.715. The number of hydrogen-bond donors (Lipinski definition) is 2. The lowest BCUT2D eigenvalue weighted by atomic mass is 10.2. The van der Waals surface area contributed by atoms with Crippen molar-refractivity contribution in [1.82, 2.24) is 9.97 Å². The van der Waals surface area contributed by atoms with Crippen LogP contribution in [0.15, 0.2) is 6.20 Å². The Morgan fingerprint density at radius 3 is 2.84 bits per heavy atom. The molecule has 1 rings (SSSR count). The van der Waals surface area contributed by atoms with E-state index >= 15 is 0 Å². The zero-order chi connectivity index (χ0) is 14.3. The first-order valence-corrected chi connectivity index (χ1v) is 7.63. The van der Waals surface area contributed by atoms with Gasteiger partial charge in [-0.2, -0.15) is 11.8 Å². The molecule has 0 radical (unpaired) electrons. The third kappa shape index (κ3) is 5.06. The van der Waals surface area contributed by atoms with Crippen LogP contribution in [0.2, 0.25) is 0 Å².